The molecule has 0 bridgehead atoms. The average Bonchev–Trinajstić information content (AvgIpc) is 2.35. The molecule has 0 fully saturated rings. The Hall–Kier alpha value is -1.55. The lowest BCUT2D eigenvalue weighted by Gasteiger charge is -2.29. The summed E-state index contributed by atoms with van der Waals surface area (Å²) in [5, 5.41) is 5.99. The van der Waals surface area contributed by atoms with Gasteiger partial charge >= 0.3 is 0 Å². The molecule has 0 spiro atoms. The van der Waals surface area contributed by atoms with E-state index in [0.717, 1.165) is 11.4 Å². The van der Waals surface area contributed by atoms with Gasteiger partial charge in [0, 0.05) is 30.5 Å². The standard InChI is InChI=1S/C15H25N3O/c1-11(2)18(12(3)4)10-15(19)17-14-8-6-7-13(9-14)16-5/h6-9,11-12,16H,10H2,1-5H3,(H,17,19). The van der Waals surface area contributed by atoms with Crippen molar-refractivity contribution in [3.63, 3.8) is 0 Å². The molecule has 19 heavy (non-hydrogen) atoms. The van der Waals surface area contributed by atoms with Crippen LogP contribution in [0.15, 0.2) is 24.3 Å². The van der Waals surface area contributed by atoms with Crippen LogP contribution in [0, 0.1) is 0 Å². The third-order valence-electron chi connectivity index (χ3n) is 3.09. The Morgan fingerprint density at radius 3 is 2.26 bits per heavy atom. The Morgan fingerprint density at radius 2 is 1.74 bits per heavy atom. The Labute approximate surface area is 116 Å². The van der Waals surface area contributed by atoms with E-state index in [1.165, 1.54) is 0 Å². The summed E-state index contributed by atoms with van der Waals surface area (Å²) < 4.78 is 0. The van der Waals surface area contributed by atoms with Gasteiger partial charge in [-0.15, -0.1) is 0 Å². The molecule has 0 aliphatic heterocycles. The zero-order valence-electron chi connectivity index (χ0n) is 12.5. The number of nitrogens with zero attached hydrogens (tertiary/aromatic N) is 1. The minimum Gasteiger partial charge on any atom is -0.388 e. The number of benzene rings is 1. The summed E-state index contributed by atoms with van der Waals surface area (Å²) in [5.41, 5.74) is 1.81. The first-order valence-corrected chi connectivity index (χ1v) is 6.77. The number of hydrogen-bond donors (Lipinski definition) is 2. The van der Waals surface area contributed by atoms with Gasteiger partial charge in [-0.1, -0.05) is 6.07 Å². The molecule has 0 saturated heterocycles. The summed E-state index contributed by atoms with van der Waals surface area (Å²) in [6.07, 6.45) is 0. The number of hydrogen-bond acceptors (Lipinski definition) is 3. The van der Waals surface area contributed by atoms with Crippen LogP contribution in [0.3, 0.4) is 0 Å². The molecule has 1 rings (SSSR count). The highest BCUT2D eigenvalue weighted by atomic mass is 16.2. The van der Waals surface area contributed by atoms with Crippen LogP contribution < -0.4 is 10.6 Å². The summed E-state index contributed by atoms with van der Waals surface area (Å²) in [7, 11) is 1.86. The van der Waals surface area contributed by atoms with E-state index < -0.39 is 0 Å². The minimum atomic E-state index is 0.0238. The van der Waals surface area contributed by atoms with Crippen LogP contribution in [0.4, 0.5) is 11.4 Å². The van der Waals surface area contributed by atoms with Gasteiger partial charge in [-0.2, -0.15) is 0 Å². The molecule has 1 aromatic rings. The molecular weight excluding hydrogens is 238 g/mol. The Bertz CT molecular complexity index is 408. The molecule has 0 aromatic heterocycles. The molecule has 0 atom stereocenters. The van der Waals surface area contributed by atoms with Crippen LogP contribution in [0.2, 0.25) is 0 Å². The van der Waals surface area contributed by atoms with E-state index in [0.29, 0.717) is 18.6 Å². The van der Waals surface area contributed by atoms with Crippen LogP contribution >= 0.6 is 0 Å². The Kier molecular flexibility index (Phi) is 5.83. The lowest BCUT2D eigenvalue weighted by molar-refractivity contribution is -0.118. The molecule has 2 N–H and O–H groups in total. The summed E-state index contributed by atoms with van der Waals surface area (Å²) in [4.78, 5) is 14.2. The van der Waals surface area contributed by atoms with Gasteiger partial charge in [-0.05, 0) is 45.9 Å². The van der Waals surface area contributed by atoms with E-state index >= 15 is 0 Å². The highest BCUT2D eigenvalue weighted by Crippen LogP contribution is 2.14. The van der Waals surface area contributed by atoms with Gasteiger partial charge in [0.15, 0.2) is 0 Å². The second-order valence-electron chi connectivity index (χ2n) is 5.24. The molecular formula is C15H25N3O. The van der Waals surface area contributed by atoms with Crippen molar-refractivity contribution in [3.05, 3.63) is 24.3 Å². The first-order chi connectivity index (χ1) is 8.93. The van der Waals surface area contributed by atoms with Crippen molar-refractivity contribution in [2.75, 3.05) is 24.2 Å². The lowest BCUT2D eigenvalue weighted by Crippen LogP contribution is -2.42. The van der Waals surface area contributed by atoms with E-state index in [-0.39, 0.29) is 5.91 Å². The average molecular weight is 263 g/mol. The van der Waals surface area contributed by atoms with Gasteiger partial charge in [0.1, 0.15) is 0 Å². The zero-order chi connectivity index (χ0) is 14.4. The van der Waals surface area contributed by atoms with Crippen molar-refractivity contribution in [1.29, 1.82) is 0 Å². The van der Waals surface area contributed by atoms with Crippen LogP contribution in [0.5, 0.6) is 0 Å². The van der Waals surface area contributed by atoms with E-state index in [1.54, 1.807) is 0 Å². The first-order valence-electron chi connectivity index (χ1n) is 6.77. The van der Waals surface area contributed by atoms with Crippen molar-refractivity contribution in [3.8, 4) is 0 Å². The van der Waals surface area contributed by atoms with Gasteiger partial charge in [-0.3, -0.25) is 9.69 Å². The molecule has 106 valence electrons. The number of carbonyl (C=O) groups is 1. The molecule has 4 nitrogen and oxygen atoms in total. The molecule has 0 radical (unpaired) electrons. The predicted molar refractivity (Wildman–Crippen MR) is 81.6 cm³/mol. The van der Waals surface area contributed by atoms with Crippen LogP contribution in [0.25, 0.3) is 0 Å². The van der Waals surface area contributed by atoms with Crippen molar-refractivity contribution in [2.24, 2.45) is 0 Å². The SMILES string of the molecule is CNc1cccc(NC(=O)CN(C(C)C)C(C)C)c1. The summed E-state index contributed by atoms with van der Waals surface area (Å²) in [5.74, 6) is 0.0238. The quantitative estimate of drug-likeness (QED) is 0.829. The Balaban J connectivity index is 2.63. The topological polar surface area (TPSA) is 44.4 Å². The van der Waals surface area contributed by atoms with E-state index in [4.69, 9.17) is 0 Å². The molecule has 0 unspecified atom stereocenters. The number of carbonyl (C=O) groups excluding carboxylic acids is 1. The van der Waals surface area contributed by atoms with Gasteiger partial charge in [0.05, 0.1) is 6.54 Å². The first kappa shape index (κ1) is 15.5. The van der Waals surface area contributed by atoms with E-state index in [1.807, 2.05) is 31.3 Å². The predicted octanol–water partition coefficient (Wildman–Crippen LogP) is 2.79. The third-order valence-corrected chi connectivity index (χ3v) is 3.09. The van der Waals surface area contributed by atoms with Crippen molar-refractivity contribution in [2.45, 2.75) is 39.8 Å². The van der Waals surface area contributed by atoms with E-state index in [9.17, 15) is 4.79 Å². The van der Waals surface area contributed by atoms with Gasteiger partial charge in [0.25, 0.3) is 0 Å². The smallest absolute Gasteiger partial charge is 0.238 e. The van der Waals surface area contributed by atoms with Crippen LogP contribution in [-0.2, 0) is 4.79 Å². The maximum atomic E-state index is 12.1. The fraction of sp³-hybridized carbons (Fsp3) is 0.533. The highest BCUT2D eigenvalue weighted by Gasteiger charge is 2.16. The maximum Gasteiger partial charge on any atom is 0.238 e. The fourth-order valence-electron chi connectivity index (χ4n) is 2.08. The van der Waals surface area contributed by atoms with Crippen LogP contribution in [0.1, 0.15) is 27.7 Å². The van der Waals surface area contributed by atoms with Crippen molar-refractivity contribution in [1.82, 2.24) is 4.90 Å². The molecule has 0 aliphatic rings. The number of anilines is 2. The fourth-order valence-corrected chi connectivity index (χ4v) is 2.08. The number of rotatable bonds is 6. The summed E-state index contributed by atoms with van der Waals surface area (Å²) in [6, 6.07) is 8.42. The molecule has 1 aromatic carbocycles. The molecule has 0 heterocycles. The molecule has 0 saturated carbocycles. The molecule has 4 heteroatoms. The largest absolute Gasteiger partial charge is 0.388 e. The van der Waals surface area contributed by atoms with Crippen LogP contribution in [-0.4, -0.2) is 36.5 Å². The summed E-state index contributed by atoms with van der Waals surface area (Å²) >= 11 is 0. The number of amides is 1. The van der Waals surface area contributed by atoms with Gasteiger partial charge in [-0.25, -0.2) is 0 Å². The lowest BCUT2D eigenvalue weighted by atomic mass is 10.2. The van der Waals surface area contributed by atoms with Crippen molar-refractivity contribution < 1.29 is 4.79 Å². The normalized spacial score (nSPS) is 11.2. The van der Waals surface area contributed by atoms with Gasteiger partial charge < -0.3 is 10.6 Å². The second-order valence-corrected chi connectivity index (χ2v) is 5.24. The zero-order valence-corrected chi connectivity index (χ0v) is 12.5. The Morgan fingerprint density at radius 1 is 1.16 bits per heavy atom. The summed E-state index contributed by atoms with van der Waals surface area (Å²) in [6.45, 7) is 8.84. The highest BCUT2D eigenvalue weighted by molar-refractivity contribution is 5.92. The number of nitrogens with one attached hydrogen (secondary N) is 2. The molecule has 0 aliphatic carbocycles. The monoisotopic (exact) mass is 263 g/mol. The maximum absolute atomic E-state index is 12.1. The minimum absolute atomic E-state index is 0.0238. The van der Waals surface area contributed by atoms with Crippen molar-refractivity contribution >= 4 is 17.3 Å². The van der Waals surface area contributed by atoms with Gasteiger partial charge in [0.2, 0.25) is 5.91 Å². The third kappa shape index (κ3) is 4.91. The second kappa shape index (κ2) is 7.14. The van der Waals surface area contributed by atoms with E-state index in [2.05, 4.69) is 43.2 Å². The molecule has 1 amide bonds.